The maximum atomic E-state index is 12.9. The fourth-order valence-corrected chi connectivity index (χ4v) is 6.04. The summed E-state index contributed by atoms with van der Waals surface area (Å²) in [5.74, 6) is 0.934. The summed E-state index contributed by atoms with van der Waals surface area (Å²) in [6.45, 7) is 5.04. The zero-order chi connectivity index (χ0) is 20.3. The van der Waals surface area contributed by atoms with Gasteiger partial charge >= 0.3 is 0 Å². The summed E-state index contributed by atoms with van der Waals surface area (Å²) in [5, 5.41) is 8.74. The third kappa shape index (κ3) is 4.75. The molecule has 1 amide bonds. The third-order valence-electron chi connectivity index (χ3n) is 5.01. The van der Waals surface area contributed by atoms with Gasteiger partial charge in [0.1, 0.15) is 5.82 Å². The molecule has 0 bridgehead atoms. The van der Waals surface area contributed by atoms with Crippen LogP contribution in [0.15, 0.2) is 35.5 Å². The molecule has 1 fully saturated rings. The lowest BCUT2D eigenvalue weighted by atomic mass is 10.1. The van der Waals surface area contributed by atoms with Gasteiger partial charge in [-0.15, -0.1) is 10.2 Å². The molecule has 28 heavy (non-hydrogen) atoms. The van der Waals surface area contributed by atoms with E-state index in [4.69, 9.17) is 0 Å². The molecule has 3 rings (SSSR count). The molecular formula is C19H26N4O3S2. The monoisotopic (exact) mass is 422 g/mol. The fraction of sp³-hybridized carbons (Fsp3) is 0.526. The fourth-order valence-electron chi connectivity index (χ4n) is 3.40. The Hall–Kier alpha value is -1.87. The lowest BCUT2D eigenvalue weighted by molar-refractivity contribution is -0.130. The predicted octanol–water partition coefficient (Wildman–Crippen LogP) is 2.25. The summed E-state index contributed by atoms with van der Waals surface area (Å²) in [6.07, 6.45) is 0.578. The topological polar surface area (TPSA) is 85.2 Å². The summed E-state index contributed by atoms with van der Waals surface area (Å²) >= 11 is 1.36. The number of amides is 1. The molecule has 152 valence electrons. The predicted molar refractivity (Wildman–Crippen MR) is 110 cm³/mol. The van der Waals surface area contributed by atoms with Gasteiger partial charge in [-0.3, -0.25) is 4.79 Å². The summed E-state index contributed by atoms with van der Waals surface area (Å²) in [5.41, 5.74) is 1.10. The van der Waals surface area contributed by atoms with E-state index < -0.39 is 9.84 Å². The standard InChI is InChI=1S/C19H26N4O3S2/c1-4-23(12-15-8-6-5-7-9-15)18(24)14(2)27-19-21-20-17(22(19)3)16-10-11-28(25,26)13-16/h5-9,14,16H,4,10-13H2,1-3H3. The molecule has 1 aromatic carbocycles. The van der Waals surface area contributed by atoms with E-state index in [-0.39, 0.29) is 28.6 Å². The summed E-state index contributed by atoms with van der Waals surface area (Å²) < 4.78 is 25.3. The maximum absolute atomic E-state index is 12.9. The first-order valence-corrected chi connectivity index (χ1v) is 12.1. The summed E-state index contributed by atoms with van der Waals surface area (Å²) in [6, 6.07) is 9.92. The molecule has 0 saturated carbocycles. The van der Waals surface area contributed by atoms with Crippen LogP contribution in [0.2, 0.25) is 0 Å². The van der Waals surface area contributed by atoms with Crippen molar-refractivity contribution in [3.63, 3.8) is 0 Å². The van der Waals surface area contributed by atoms with Crippen molar-refractivity contribution in [1.82, 2.24) is 19.7 Å². The highest BCUT2D eigenvalue weighted by Gasteiger charge is 2.33. The zero-order valence-electron chi connectivity index (χ0n) is 16.4. The molecule has 1 saturated heterocycles. The second-order valence-electron chi connectivity index (χ2n) is 7.10. The zero-order valence-corrected chi connectivity index (χ0v) is 18.0. The van der Waals surface area contributed by atoms with Gasteiger partial charge in [0, 0.05) is 26.1 Å². The van der Waals surface area contributed by atoms with Gasteiger partial charge in [-0.05, 0) is 25.8 Å². The molecular weight excluding hydrogens is 396 g/mol. The Labute approximate surface area is 170 Å². The van der Waals surface area contributed by atoms with E-state index in [2.05, 4.69) is 10.2 Å². The maximum Gasteiger partial charge on any atom is 0.236 e. The molecule has 0 radical (unpaired) electrons. The van der Waals surface area contributed by atoms with Crippen LogP contribution in [-0.2, 0) is 28.2 Å². The number of sulfone groups is 1. The van der Waals surface area contributed by atoms with Crippen LogP contribution in [-0.4, -0.2) is 57.3 Å². The molecule has 2 atom stereocenters. The number of carbonyl (C=O) groups excluding carboxylic acids is 1. The summed E-state index contributed by atoms with van der Waals surface area (Å²) in [7, 11) is -1.15. The minimum atomic E-state index is -2.98. The highest BCUT2D eigenvalue weighted by atomic mass is 32.2. The molecule has 9 heteroatoms. The van der Waals surface area contributed by atoms with Crippen LogP contribution < -0.4 is 0 Å². The van der Waals surface area contributed by atoms with Crippen LogP contribution in [0.1, 0.15) is 37.6 Å². The molecule has 2 heterocycles. The van der Waals surface area contributed by atoms with Crippen molar-refractivity contribution in [2.24, 2.45) is 7.05 Å². The van der Waals surface area contributed by atoms with Gasteiger partial charge in [0.25, 0.3) is 0 Å². The Kier molecular flexibility index (Phi) is 6.44. The number of hydrogen-bond donors (Lipinski definition) is 0. The molecule has 0 aliphatic carbocycles. The van der Waals surface area contributed by atoms with Crippen LogP contribution in [0.3, 0.4) is 0 Å². The minimum Gasteiger partial charge on any atom is -0.338 e. The lowest BCUT2D eigenvalue weighted by Crippen LogP contribution is -2.36. The van der Waals surface area contributed by atoms with Gasteiger partial charge in [0.15, 0.2) is 15.0 Å². The third-order valence-corrected chi connectivity index (χ3v) is 7.90. The van der Waals surface area contributed by atoms with Crippen LogP contribution in [0.25, 0.3) is 0 Å². The molecule has 0 N–H and O–H groups in total. The van der Waals surface area contributed by atoms with Crippen LogP contribution >= 0.6 is 11.8 Å². The van der Waals surface area contributed by atoms with Crippen molar-refractivity contribution in [3.8, 4) is 0 Å². The minimum absolute atomic E-state index is 0.0457. The molecule has 2 unspecified atom stereocenters. The Morgan fingerprint density at radius 1 is 1.32 bits per heavy atom. The van der Waals surface area contributed by atoms with E-state index in [1.54, 1.807) is 0 Å². The molecule has 7 nitrogen and oxygen atoms in total. The Morgan fingerprint density at radius 2 is 2.04 bits per heavy atom. The SMILES string of the molecule is CCN(Cc1ccccc1)C(=O)C(C)Sc1nnc(C2CCS(=O)(=O)C2)n1C. The van der Waals surface area contributed by atoms with Crippen LogP contribution in [0.4, 0.5) is 0 Å². The first kappa shape index (κ1) is 20.9. The van der Waals surface area contributed by atoms with Crippen molar-refractivity contribution in [2.75, 3.05) is 18.1 Å². The second kappa shape index (κ2) is 8.65. The summed E-state index contributed by atoms with van der Waals surface area (Å²) in [4.78, 5) is 14.7. The van der Waals surface area contributed by atoms with Crippen molar-refractivity contribution in [3.05, 3.63) is 41.7 Å². The van der Waals surface area contributed by atoms with Crippen molar-refractivity contribution in [2.45, 2.75) is 43.1 Å². The average molecular weight is 423 g/mol. The van der Waals surface area contributed by atoms with Gasteiger partial charge in [0.2, 0.25) is 5.91 Å². The van der Waals surface area contributed by atoms with E-state index in [0.717, 1.165) is 5.56 Å². The first-order valence-electron chi connectivity index (χ1n) is 9.39. The van der Waals surface area contributed by atoms with Crippen LogP contribution in [0, 0.1) is 0 Å². The highest BCUT2D eigenvalue weighted by molar-refractivity contribution is 8.00. The quantitative estimate of drug-likeness (QED) is 0.636. The number of aromatic nitrogens is 3. The highest BCUT2D eigenvalue weighted by Crippen LogP contribution is 2.30. The van der Waals surface area contributed by atoms with Crippen LogP contribution in [0.5, 0.6) is 0 Å². The first-order chi connectivity index (χ1) is 13.3. The lowest BCUT2D eigenvalue weighted by Gasteiger charge is -2.24. The smallest absolute Gasteiger partial charge is 0.236 e. The van der Waals surface area contributed by atoms with E-state index in [1.165, 1.54) is 11.8 Å². The van der Waals surface area contributed by atoms with Crippen molar-refractivity contribution in [1.29, 1.82) is 0 Å². The number of hydrogen-bond acceptors (Lipinski definition) is 6. The van der Waals surface area contributed by atoms with E-state index in [1.807, 2.05) is 60.7 Å². The van der Waals surface area contributed by atoms with Gasteiger partial charge in [0.05, 0.1) is 16.8 Å². The van der Waals surface area contributed by atoms with E-state index in [0.29, 0.717) is 30.5 Å². The second-order valence-corrected chi connectivity index (χ2v) is 10.6. The molecule has 1 aromatic heterocycles. The normalized spacial score (nSPS) is 19.5. The molecule has 1 aliphatic heterocycles. The Bertz CT molecular complexity index is 928. The number of benzene rings is 1. The molecule has 2 aromatic rings. The number of carbonyl (C=O) groups is 1. The Morgan fingerprint density at radius 3 is 2.64 bits per heavy atom. The average Bonchev–Trinajstić information content (AvgIpc) is 3.22. The van der Waals surface area contributed by atoms with E-state index >= 15 is 0 Å². The van der Waals surface area contributed by atoms with E-state index in [9.17, 15) is 13.2 Å². The number of rotatable bonds is 7. The van der Waals surface area contributed by atoms with Crippen molar-refractivity contribution >= 4 is 27.5 Å². The Balaban J connectivity index is 1.67. The van der Waals surface area contributed by atoms with Crippen molar-refractivity contribution < 1.29 is 13.2 Å². The molecule has 1 aliphatic rings. The molecule has 0 spiro atoms. The van der Waals surface area contributed by atoms with Gasteiger partial charge < -0.3 is 9.47 Å². The van der Waals surface area contributed by atoms with Gasteiger partial charge in [-0.2, -0.15) is 0 Å². The number of thioether (sulfide) groups is 1. The van der Waals surface area contributed by atoms with Gasteiger partial charge in [-0.1, -0.05) is 42.1 Å². The largest absolute Gasteiger partial charge is 0.338 e. The van der Waals surface area contributed by atoms with Gasteiger partial charge in [-0.25, -0.2) is 8.42 Å². The number of nitrogens with zero attached hydrogens (tertiary/aromatic N) is 4.